The van der Waals surface area contributed by atoms with Crippen LogP contribution in [0.3, 0.4) is 0 Å². The summed E-state index contributed by atoms with van der Waals surface area (Å²) in [5, 5.41) is 12.9. The molecule has 0 aliphatic heterocycles. The fourth-order valence-electron chi connectivity index (χ4n) is 2.22. The van der Waals surface area contributed by atoms with E-state index >= 15 is 0 Å². The Kier molecular flexibility index (Phi) is 5.38. The summed E-state index contributed by atoms with van der Waals surface area (Å²) in [5.74, 6) is -1.10. The summed E-state index contributed by atoms with van der Waals surface area (Å²) < 4.78 is 27.2. The molecule has 0 unspecified atom stereocenters. The molecule has 10 heteroatoms. The highest BCUT2D eigenvalue weighted by atomic mass is 32.2. The van der Waals surface area contributed by atoms with Gasteiger partial charge in [-0.2, -0.15) is 0 Å². The lowest BCUT2D eigenvalue weighted by Gasteiger charge is -2.24. The van der Waals surface area contributed by atoms with Gasteiger partial charge in [0.15, 0.2) is 33.8 Å². The van der Waals surface area contributed by atoms with E-state index in [1.165, 1.54) is 18.3 Å². The number of aliphatic hydroxyl groups excluding tert-OH is 1. The van der Waals surface area contributed by atoms with Crippen LogP contribution in [0.2, 0.25) is 0 Å². The molecule has 4 N–H and O–H groups in total. The van der Waals surface area contributed by atoms with Crippen LogP contribution in [0.15, 0.2) is 29.6 Å². The summed E-state index contributed by atoms with van der Waals surface area (Å²) in [4.78, 5) is 17.1. The molecular formula is C17H18F2N6OS. The van der Waals surface area contributed by atoms with Gasteiger partial charge < -0.3 is 16.2 Å². The van der Waals surface area contributed by atoms with Crippen molar-refractivity contribution in [3.05, 3.63) is 41.6 Å². The van der Waals surface area contributed by atoms with Crippen LogP contribution in [0.1, 0.15) is 19.4 Å². The molecule has 2 heterocycles. The Labute approximate surface area is 158 Å². The maximum atomic E-state index is 13.8. The fourth-order valence-corrected chi connectivity index (χ4v) is 3.03. The van der Waals surface area contributed by atoms with Crippen molar-refractivity contribution in [2.75, 3.05) is 17.7 Å². The van der Waals surface area contributed by atoms with Gasteiger partial charge >= 0.3 is 0 Å². The minimum atomic E-state index is -0.904. The number of fused-ring (bicyclic) bond motifs is 1. The van der Waals surface area contributed by atoms with Gasteiger partial charge in [0.2, 0.25) is 0 Å². The lowest BCUT2D eigenvalue weighted by Crippen LogP contribution is -2.35. The number of nitrogens with one attached hydrogen (secondary N) is 1. The van der Waals surface area contributed by atoms with Crippen LogP contribution >= 0.6 is 11.8 Å². The van der Waals surface area contributed by atoms with Gasteiger partial charge in [-0.25, -0.2) is 28.7 Å². The molecule has 0 saturated carbocycles. The third-order valence-corrected chi connectivity index (χ3v) is 4.54. The second-order valence-corrected chi connectivity index (χ2v) is 7.43. The highest BCUT2D eigenvalue weighted by molar-refractivity contribution is 7.98. The van der Waals surface area contributed by atoms with E-state index < -0.39 is 17.2 Å². The fraction of sp³-hybridized carbons (Fsp3) is 0.294. The Hall–Kier alpha value is -2.59. The van der Waals surface area contributed by atoms with Gasteiger partial charge in [0.05, 0.1) is 18.3 Å². The van der Waals surface area contributed by atoms with Crippen LogP contribution in [0.25, 0.3) is 11.2 Å². The monoisotopic (exact) mass is 392 g/mol. The number of nitrogen functional groups attached to an aromatic ring is 1. The van der Waals surface area contributed by atoms with Crippen molar-refractivity contribution in [1.29, 1.82) is 0 Å². The van der Waals surface area contributed by atoms with Crippen LogP contribution in [-0.2, 0) is 5.75 Å². The van der Waals surface area contributed by atoms with Gasteiger partial charge in [-0.1, -0.05) is 23.9 Å². The number of nitrogens with two attached hydrogens (primary N) is 1. The number of anilines is 2. The Morgan fingerprint density at radius 2 is 2.00 bits per heavy atom. The number of hydrogen-bond donors (Lipinski definition) is 3. The van der Waals surface area contributed by atoms with Crippen LogP contribution < -0.4 is 11.1 Å². The average molecular weight is 392 g/mol. The molecule has 0 spiro atoms. The lowest BCUT2D eigenvalue weighted by molar-refractivity contribution is 0.234. The summed E-state index contributed by atoms with van der Waals surface area (Å²) in [6.07, 6.45) is 1.39. The van der Waals surface area contributed by atoms with Crippen molar-refractivity contribution in [3.8, 4) is 0 Å². The molecule has 0 aliphatic carbocycles. The normalized spacial score (nSPS) is 11.7. The molecule has 0 bridgehead atoms. The number of thioether (sulfide) groups is 1. The molecule has 3 aromatic rings. The van der Waals surface area contributed by atoms with Crippen molar-refractivity contribution < 1.29 is 13.9 Å². The van der Waals surface area contributed by atoms with Gasteiger partial charge in [-0.3, -0.25) is 0 Å². The number of rotatable bonds is 6. The number of halogens is 2. The van der Waals surface area contributed by atoms with Crippen molar-refractivity contribution in [3.63, 3.8) is 0 Å². The first-order valence-corrected chi connectivity index (χ1v) is 9.02. The van der Waals surface area contributed by atoms with E-state index in [1.54, 1.807) is 13.8 Å². The smallest absolute Gasteiger partial charge is 0.192 e. The molecule has 2 aromatic heterocycles. The van der Waals surface area contributed by atoms with Crippen molar-refractivity contribution in [2.45, 2.75) is 30.3 Å². The van der Waals surface area contributed by atoms with Crippen molar-refractivity contribution in [2.24, 2.45) is 0 Å². The Bertz CT molecular complexity index is 985. The number of benzene rings is 1. The SMILES string of the molecule is CC(C)(CO)Nc1nc(SCc2cccc(F)c2F)nc2nc(N)cnc12. The minimum absolute atomic E-state index is 0.133. The van der Waals surface area contributed by atoms with E-state index in [2.05, 4.69) is 25.3 Å². The zero-order valence-electron chi connectivity index (χ0n) is 14.7. The Morgan fingerprint density at radius 3 is 2.74 bits per heavy atom. The topological polar surface area (TPSA) is 110 Å². The number of aromatic nitrogens is 4. The van der Waals surface area contributed by atoms with Crippen molar-refractivity contribution in [1.82, 2.24) is 19.9 Å². The van der Waals surface area contributed by atoms with Gasteiger partial charge in [-0.15, -0.1) is 0 Å². The molecule has 27 heavy (non-hydrogen) atoms. The molecule has 0 aliphatic rings. The van der Waals surface area contributed by atoms with Gasteiger partial charge in [-0.05, 0) is 19.9 Å². The van der Waals surface area contributed by atoms with E-state index in [1.807, 2.05) is 0 Å². The quantitative estimate of drug-likeness (QED) is 0.434. The van der Waals surface area contributed by atoms with Crippen LogP contribution in [0, 0.1) is 11.6 Å². The number of hydrogen-bond acceptors (Lipinski definition) is 8. The van der Waals surface area contributed by atoms with Crippen LogP contribution in [0.4, 0.5) is 20.4 Å². The molecule has 0 atom stereocenters. The molecule has 142 valence electrons. The van der Waals surface area contributed by atoms with E-state index in [0.29, 0.717) is 16.5 Å². The van der Waals surface area contributed by atoms with Crippen LogP contribution in [0.5, 0.6) is 0 Å². The van der Waals surface area contributed by atoms with Gasteiger partial charge in [0, 0.05) is 11.3 Å². The maximum Gasteiger partial charge on any atom is 0.192 e. The molecule has 0 radical (unpaired) electrons. The van der Waals surface area contributed by atoms with Crippen molar-refractivity contribution >= 4 is 34.6 Å². The first kappa shape index (κ1) is 19.2. The summed E-state index contributed by atoms with van der Waals surface area (Å²) in [7, 11) is 0. The largest absolute Gasteiger partial charge is 0.394 e. The molecule has 3 rings (SSSR count). The van der Waals surface area contributed by atoms with E-state index in [0.717, 1.165) is 17.8 Å². The van der Waals surface area contributed by atoms with Gasteiger partial charge in [0.25, 0.3) is 0 Å². The predicted octanol–water partition coefficient (Wildman–Crippen LogP) is 2.76. The Morgan fingerprint density at radius 1 is 1.22 bits per heavy atom. The van der Waals surface area contributed by atoms with E-state index in [4.69, 9.17) is 5.73 Å². The average Bonchev–Trinajstić information content (AvgIpc) is 2.62. The minimum Gasteiger partial charge on any atom is -0.394 e. The summed E-state index contributed by atoms with van der Waals surface area (Å²) >= 11 is 1.12. The second-order valence-electron chi connectivity index (χ2n) is 6.49. The molecule has 1 aromatic carbocycles. The molecular weight excluding hydrogens is 374 g/mol. The van der Waals surface area contributed by atoms with Gasteiger partial charge in [0.1, 0.15) is 5.82 Å². The third kappa shape index (κ3) is 4.40. The lowest BCUT2D eigenvalue weighted by atomic mass is 10.1. The Balaban J connectivity index is 1.96. The zero-order valence-corrected chi connectivity index (χ0v) is 15.5. The summed E-state index contributed by atoms with van der Waals surface area (Å²) in [6.45, 7) is 3.44. The van der Waals surface area contributed by atoms with E-state index in [9.17, 15) is 13.9 Å². The predicted molar refractivity (Wildman–Crippen MR) is 100 cm³/mol. The third-order valence-electron chi connectivity index (χ3n) is 3.65. The first-order valence-electron chi connectivity index (χ1n) is 8.04. The molecule has 0 saturated heterocycles. The van der Waals surface area contributed by atoms with E-state index in [-0.39, 0.29) is 29.4 Å². The second kappa shape index (κ2) is 7.57. The number of aliphatic hydroxyl groups is 1. The molecule has 0 fully saturated rings. The maximum absolute atomic E-state index is 13.8. The highest BCUT2D eigenvalue weighted by Crippen LogP contribution is 2.27. The van der Waals surface area contributed by atoms with Crippen LogP contribution in [-0.4, -0.2) is 37.2 Å². The molecule has 7 nitrogen and oxygen atoms in total. The standard InChI is InChI=1S/C17H18F2N6OS/c1-17(2,8-26)25-15-13-14(22-11(20)6-21-13)23-16(24-15)27-7-9-4-3-5-10(18)12(9)19/h3-6,26H,7-8H2,1-2H3,(H3,20,22,23,24,25). The molecule has 0 amide bonds. The summed E-state index contributed by atoms with van der Waals surface area (Å²) in [5.41, 5.74) is 5.88. The number of nitrogens with zero attached hydrogens (tertiary/aromatic N) is 4. The zero-order chi connectivity index (χ0) is 19.6. The first-order chi connectivity index (χ1) is 12.8. The highest BCUT2D eigenvalue weighted by Gasteiger charge is 2.20. The summed E-state index contributed by atoms with van der Waals surface area (Å²) in [6, 6.07) is 4.00.